The highest BCUT2D eigenvalue weighted by Gasteiger charge is 2.14. The van der Waals surface area contributed by atoms with Gasteiger partial charge in [-0.05, 0) is 22.4 Å². The van der Waals surface area contributed by atoms with Gasteiger partial charge in [-0.2, -0.15) is 0 Å². The maximum absolute atomic E-state index is 11.8. The zero-order valence-electron chi connectivity index (χ0n) is 9.51. The van der Waals surface area contributed by atoms with Crippen LogP contribution in [0.1, 0.15) is 17.3 Å². The van der Waals surface area contributed by atoms with Gasteiger partial charge in [0, 0.05) is 12.5 Å². The van der Waals surface area contributed by atoms with E-state index in [1.165, 1.54) is 6.92 Å². The minimum absolute atomic E-state index is 0.0686. The number of nitrogens with zero attached hydrogens (tertiary/aromatic N) is 2. The molecule has 0 saturated carbocycles. The number of carbonyl (C=O) groups excluding carboxylic acids is 2. The second kappa shape index (κ2) is 5.09. The van der Waals surface area contributed by atoms with Crippen molar-refractivity contribution in [2.24, 2.45) is 0 Å². The maximum atomic E-state index is 11.8. The molecule has 0 radical (unpaired) electrons. The van der Waals surface area contributed by atoms with E-state index in [0.717, 1.165) is 0 Å². The molecule has 0 fully saturated rings. The van der Waals surface area contributed by atoms with Crippen LogP contribution < -0.4 is 10.6 Å². The number of nitrogens with one attached hydrogen (secondary N) is 2. The SMILES string of the molecule is CC(=O)Nc1nonc1NC(=O)c1ccccc1. The molecule has 0 spiro atoms. The van der Waals surface area contributed by atoms with Crippen LogP contribution in [0.4, 0.5) is 11.6 Å². The summed E-state index contributed by atoms with van der Waals surface area (Å²) < 4.78 is 4.45. The standard InChI is InChI=1S/C11H10N4O3/c1-7(16)12-9-10(15-18-14-9)13-11(17)8-5-3-2-4-6-8/h2-6H,1H3,(H,12,14,16)(H,13,15,17). The minimum Gasteiger partial charge on any atom is -0.305 e. The molecule has 0 aliphatic carbocycles. The van der Waals surface area contributed by atoms with Crippen LogP contribution in [-0.4, -0.2) is 22.1 Å². The first kappa shape index (κ1) is 11.8. The van der Waals surface area contributed by atoms with E-state index in [0.29, 0.717) is 5.56 Å². The van der Waals surface area contributed by atoms with Crippen molar-refractivity contribution in [3.8, 4) is 0 Å². The van der Waals surface area contributed by atoms with Crippen molar-refractivity contribution in [2.45, 2.75) is 6.92 Å². The number of aromatic nitrogens is 2. The summed E-state index contributed by atoms with van der Waals surface area (Å²) in [5.74, 6) is -0.551. The highest BCUT2D eigenvalue weighted by molar-refractivity contribution is 6.05. The van der Waals surface area contributed by atoms with Crippen molar-refractivity contribution < 1.29 is 14.2 Å². The molecule has 0 atom stereocenters. The molecule has 7 nitrogen and oxygen atoms in total. The summed E-state index contributed by atoms with van der Waals surface area (Å²) in [7, 11) is 0. The minimum atomic E-state index is -0.363. The molecule has 1 aromatic heterocycles. The second-order valence-corrected chi connectivity index (χ2v) is 3.46. The predicted octanol–water partition coefficient (Wildman–Crippen LogP) is 1.28. The molecule has 2 amide bonds. The van der Waals surface area contributed by atoms with Crippen molar-refractivity contribution in [1.29, 1.82) is 0 Å². The molecule has 0 saturated heterocycles. The van der Waals surface area contributed by atoms with Crippen LogP contribution in [0.25, 0.3) is 0 Å². The maximum Gasteiger partial charge on any atom is 0.257 e. The Morgan fingerprint density at radius 2 is 1.67 bits per heavy atom. The molecule has 92 valence electrons. The quantitative estimate of drug-likeness (QED) is 0.850. The summed E-state index contributed by atoms with van der Waals surface area (Å²) in [5.41, 5.74) is 0.467. The molecule has 0 unspecified atom stereocenters. The Kier molecular flexibility index (Phi) is 3.33. The second-order valence-electron chi connectivity index (χ2n) is 3.46. The zero-order valence-corrected chi connectivity index (χ0v) is 9.51. The van der Waals surface area contributed by atoms with Crippen LogP contribution in [0, 0.1) is 0 Å². The molecule has 0 bridgehead atoms. The van der Waals surface area contributed by atoms with E-state index in [-0.39, 0.29) is 23.5 Å². The Morgan fingerprint density at radius 1 is 1.06 bits per heavy atom. The van der Waals surface area contributed by atoms with Crippen LogP contribution in [0.3, 0.4) is 0 Å². The van der Waals surface area contributed by atoms with Crippen LogP contribution in [-0.2, 0) is 4.79 Å². The lowest BCUT2D eigenvalue weighted by Crippen LogP contribution is -2.15. The smallest absolute Gasteiger partial charge is 0.257 e. The summed E-state index contributed by atoms with van der Waals surface area (Å²) in [5, 5.41) is 11.9. The highest BCUT2D eigenvalue weighted by atomic mass is 16.6. The van der Waals surface area contributed by atoms with Gasteiger partial charge in [-0.1, -0.05) is 18.2 Å². The number of rotatable bonds is 3. The molecule has 18 heavy (non-hydrogen) atoms. The van der Waals surface area contributed by atoms with Crippen molar-refractivity contribution in [2.75, 3.05) is 10.6 Å². The first-order valence-electron chi connectivity index (χ1n) is 5.13. The van der Waals surface area contributed by atoms with Gasteiger partial charge in [0.2, 0.25) is 17.5 Å². The fraction of sp³-hybridized carbons (Fsp3) is 0.0909. The Hall–Kier alpha value is -2.70. The Bertz CT molecular complexity index is 565. The van der Waals surface area contributed by atoms with Gasteiger partial charge in [-0.25, -0.2) is 4.63 Å². The molecule has 1 aromatic carbocycles. The average molecular weight is 246 g/mol. The van der Waals surface area contributed by atoms with Gasteiger partial charge in [0.15, 0.2) is 0 Å². The van der Waals surface area contributed by atoms with Gasteiger partial charge in [0.05, 0.1) is 0 Å². The Morgan fingerprint density at radius 3 is 2.28 bits per heavy atom. The fourth-order valence-corrected chi connectivity index (χ4v) is 1.29. The normalized spacial score (nSPS) is 9.83. The fourth-order valence-electron chi connectivity index (χ4n) is 1.29. The Balaban J connectivity index is 2.13. The van der Waals surface area contributed by atoms with E-state index in [9.17, 15) is 9.59 Å². The zero-order chi connectivity index (χ0) is 13.0. The van der Waals surface area contributed by atoms with Gasteiger partial charge in [0.25, 0.3) is 5.91 Å². The number of amides is 2. The van der Waals surface area contributed by atoms with Gasteiger partial charge in [-0.3, -0.25) is 9.59 Å². The molecule has 2 aromatic rings. The molecule has 2 N–H and O–H groups in total. The largest absolute Gasteiger partial charge is 0.305 e. The third kappa shape index (κ3) is 2.70. The van der Waals surface area contributed by atoms with Crippen molar-refractivity contribution >= 4 is 23.5 Å². The number of anilines is 2. The van der Waals surface area contributed by atoms with E-state index in [1.54, 1.807) is 30.3 Å². The van der Waals surface area contributed by atoms with E-state index in [2.05, 4.69) is 25.6 Å². The number of carbonyl (C=O) groups is 2. The molecular formula is C11H10N4O3. The summed E-state index contributed by atoms with van der Waals surface area (Å²) >= 11 is 0. The van der Waals surface area contributed by atoms with Gasteiger partial charge < -0.3 is 10.6 Å². The molecule has 7 heteroatoms. The molecular weight excluding hydrogens is 236 g/mol. The van der Waals surface area contributed by atoms with Crippen molar-refractivity contribution in [3.05, 3.63) is 35.9 Å². The van der Waals surface area contributed by atoms with Crippen molar-refractivity contribution in [1.82, 2.24) is 10.3 Å². The van der Waals surface area contributed by atoms with Crippen LogP contribution >= 0.6 is 0 Å². The average Bonchev–Trinajstić information content (AvgIpc) is 2.77. The highest BCUT2D eigenvalue weighted by Crippen LogP contribution is 2.16. The number of hydrogen-bond acceptors (Lipinski definition) is 5. The summed E-state index contributed by atoms with van der Waals surface area (Å²) in [4.78, 5) is 22.7. The molecule has 1 heterocycles. The van der Waals surface area contributed by atoms with Crippen LogP contribution in [0.15, 0.2) is 35.0 Å². The van der Waals surface area contributed by atoms with Gasteiger partial charge >= 0.3 is 0 Å². The molecule has 2 rings (SSSR count). The third-order valence-corrected chi connectivity index (χ3v) is 2.05. The lowest BCUT2D eigenvalue weighted by atomic mass is 10.2. The topological polar surface area (TPSA) is 97.1 Å². The Labute approximate surface area is 102 Å². The predicted molar refractivity (Wildman–Crippen MR) is 63.0 cm³/mol. The monoisotopic (exact) mass is 246 g/mol. The summed E-state index contributed by atoms with van der Waals surface area (Å²) in [6, 6.07) is 8.59. The summed E-state index contributed by atoms with van der Waals surface area (Å²) in [6.07, 6.45) is 0. The van der Waals surface area contributed by atoms with Gasteiger partial charge in [-0.15, -0.1) is 0 Å². The summed E-state index contributed by atoms with van der Waals surface area (Å²) in [6.45, 7) is 1.32. The lowest BCUT2D eigenvalue weighted by Gasteiger charge is -2.02. The van der Waals surface area contributed by atoms with E-state index in [1.807, 2.05) is 0 Å². The van der Waals surface area contributed by atoms with Crippen LogP contribution in [0.2, 0.25) is 0 Å². The van der Waals surface area contributed by atoms with Gasteiger partial charge in [0.1, 0.15) is 0 Å². The molecule has 0 aliphatic heterocycles. The van der Waals surface area contributed by atoms with Crippen LogP contribution in [0.5, 0.6) is 0 Å². The third-order valence-electron chi connectivity index (χ3n) is 2.05. The molecule has 0 aliphatic rings. The van der Waals surface area contributed by atoms with E-state index in [4.69, 9.17) is 0 Å². The van der Waals surface area contributed by atoms with E-state index < -0.39 is 0 Å². The lowest BCUT2D eigenvalue weighted by molar-refractivity contribution is -0.114. The van der Waals surface area contributed by atoms with E-state index >= 15 is 0 Å². The van der Waals surface area contributed by atoms with Crippen molar-refractivity contribution in [3.63, 3.8) is 0 Å². The first-order valence-corrected chi connectivity index (χ1v) is 5.13. The number of hydrogen-bond donors (Lipinski definition) is 2. The number of benzene rings is 1. The first-order chi connectivity index (χ1) is 8.66.